The van der Waals surface area contributed by atoms with Gasteiger partial charge in [0.25, 0.3) is 0 Å². The summed E-state index contributed by atoms with van der Waals surface area (Å²) in [5, 5.41) is 0. The molecule has 4 heteroatoms. The largest absolute Gasteiger partial charge is 0.450 e. The third-order valence-corrected chi connectivity index (χ3v) is 4.08. The van der Waals surface area contributed by atoms with E-state index in [1.54, 1.807) is 0 Å². The van der Waals surface area contributed by atoms with Gasteiger partial charge in [0.05, 0.1) is 6.61 Å². The zero-order chi connectivity index (χ0) is 13.2. The summed E-state index contributed by atoms with van der Waals surface area (Å²) >= 11 is 0. The topological polar surface area (TPSA) is 32.8 Å². The second-order valence-electron chi connectivity index (χ2n) is 5.31. The fourth-order valence-corrected chi connectivity index (χ4v) is 3.19. The fourth-order valence-electron chi connectivity index (χ4n) is 3.19. The first kappa shape index (κ1) is 12.5. The van der Waals surface area contributed by atoms with Crippen LogP contribution in [0, 0.1) is 0 Å². The minimum atomic E-state index is -0.144. The predicted molar refractivity (Wildman–Crippen MR) is 72.8 cm³/mol. The maximum absolute atomic E-state index is 11.8. The van der Waals surface area contributed by atoms with Gasteiger partial charge in [0.1, 0.15) is 0 Å². The normalized spacial score (nSPS) is 25.8. The average Bonchev–Trinajstić information content (AvgIpc) is 3.00. The molecule has 2 aliphatic rings. The molecular formula is C15H20N2O2. The number of rotatable bonds is 3. The van der Waals surface area contributed by atoms with E-state index in [1.165, 1.54) is 5.56 Å². The third-order valence-electron chi connectivity index (χ3n) is 4.08. The molecule has 1 aromatic carbocycles. The van der Waals surface area contributed by atoms with Crippen LogP contribution in [0.2, 0.25) is 0 Å². The molecule has 3 rings (SSSR count). The lowest BCUT2D eigenvalue weighted by molar-refractivity contribution is 0.0757. The molecule has 2 bridgehead atoms. The van der Waals surface area contributed by atoms with Crippen LogP contribution in [-0.2, 0) is 11.3 Å². The van der Waals surface area contributed by atoms with Gasteiger partial charge in [0.2, 0.25) is 0 Å². The Hall–Kier alpha value is -1.55. The predicted octanol–water partition coefficient (Wildman–Crippen LogP) is 2.10. The summed E-state index contributed by atoms with van der Waals surface area (Å²) in [5.41, 5.74) is 1.35. The number of fused-ring (bicyclic) bond motifs is 2. The van der Waals surface area contributed by atoms with Crippen molar-refractivity contribution in [2.45, 2.75) is 32.0 Å². The Balaban J connectivity index is 1.59. The van der Waals surface area contributed by atoms with E-state index in [0.717, 1.165) is 26.1 Å². The molecule has 0 N–H and O–H groups in total. The van der Waals surface area contributed by atoms with Crippen LogP contribution in [-0.4, -0.2) is 47.7 Å². The molecule has 19 heavy (non-hydrogen) atoms. The van der Waals surface area contributed by atoms with Crippen LogP contribution in [0.3, 0.4) is 0 Å². The van der Waals surface area contributed by atoms with Gasteiger partial charge >= 0.3 is 6.09 Å². The molecule has 0 spiro atoms. The van der Waals surface area contributed by atoms with Crippen molar-refractivity contribution >= 4 is 6.09 Å². The smallest absolute Gasteiger partial charge is 0.410 e. The Morgan fingerprint density at radius 3 is 2.68 bits per heavy atom. The van der Waals surface area contributed by atoms with E-state index in [1.807, 2.05) is 17.9 Å². The summed E-state index contributed by atoms with van der Waals surface area (Å²) < 4.78 is 5.10. The first-order valence-corrected chi connectivity index (χ1v) is 6.99. The van der Waals surface area contributed by atoms with Crippen molar-refractivity contribution in [2.75, 3.05) is 19.7 Å². The molecule has 2 heterocycles. The summed E-state index contributed by atoms with van der Waals surface area (Å²) in [6.07, 6.45) is 0.945. The molecule has 0 aromatic heterocycles. The number of amides is 1. The van der Waals surface area contributed by atoms with Gasteiger partial charge in [-0.1, -0.05) is 30.3 Å². The average molecular weight is 260 g/mol. The molecule has 0 saturated carbocycles. The van der Waals surface area contributed by atoms with Crippen molar-refractivity contribution in [3.8, 4) is 0 Å². The van der Waals surface area contributed by atoms with E-state index in [-0.39, 0.29) is 6.09 Å². The van der Waals surface area contributed by atoms with Crippen LogP contribution in [0.25, 0.3) is 0 Å². The van der Waals surface area contributed by atoms with Gasteiger partial charge in [-0.15, -0.1) is 0 Å². The highest BCUT2D eigenvalue weighted by Gasteiger charge is 2.45. The van der Waals surface area contributed by atoms with Gasteiger partial charge in [-0.2, -0.15) is 0 Å². The van der Waals surface area contributed by atoms with Crippen LogP contribution >= 0.6 is 0 Å². The van der Waals surface area contributed by atoms with E-state index in [0.29, 0.717) is 18.7 Å². The van der Waals surface area contributed by atoms with Crippen molar-refractivity contribution in [3.05, 3.63) is 35.9 Å². The molecule has 1 amide bonds. The quantitative estimate of drug-likeness (QED) is 0.834. The summed E-state index contributed by atoms with van der Waals surface area (Å²) in [6, 6.07) is 11.4. The van der Waals surface area contributed by atoms with Crippen LogP contribution in [0.1, 0.15) is 18.9 Å². The van der Waals surface area contributed by atoms with Gasteiger partial charge in [0, 0.05) is 31.7 Å². The Kier molecular flexibility index (Phi) is 3.42. The zero-order valence-corrected chi connectivity index (χ0v) is 11.3. The lowest BCUT2D eigenvalue weighted by Gasteiger charge is -2.33. The molecule has 2 fully saturated rings. The van der Waals surface area contributed by atoms with Gasteiger partial charge in [-0.25, -0.2) is 4.79 Å². The number of carbonyl (C=O) groups is 1. The Bertz CT molecular complexity index is 449. The molecule has 2 unspecified atom stereocenters. The van der Waals surface area contributed by atoms with Gasteiger partial charge < -0.3 is 9.64 Å². The Morgan fingerprint density at radius 2 is 2.05 bits per heavy atom. The second-order valence-corrected chi connectivity index (χ2v) is 5.31. The maximum Gasteiger partial charge on any atom is 0.410 e. The molecule has 0 radical (unpaired) electrons. The Morgan fingerprint density at radius 1 is 1.26 bits per heavy atom. The third kappa shape index (κ3) is 2.45. The van der Waals surface area contributed by atoms with E-state index in [4.69, 9.17) is 4.74 Å². The molecule has 2 aliphatic heterocycles. The highest BCUT2D eigenvalue weighted by Crippen LogP contribution is 2.32. The number of piperazine rings is 1. The van der Waals surface area contributed by atoms with E-state index >= 15 is 0 Å². The number of hydrogen-bond acceptors (Lipinski definition) is 3. The lowest BCUT2D eigenvalue weighted by atomic mass is 10.2. The molecule has 2 saturated heterocycles. The van der Waals surface area contributed by atoms with Crippen LogP contribution < -0.4 is 0 Å². The number of carbonyl (C=O) groups excluding carboxylic acids is 1. The summed E-state index contributed by atoms with van der Waals surface area (Å²) in [5.74, 6) is 0. The fraction of sp³-hybridized carbons (Fsp3) is 0.533. The monoisotopic (exact) mass is 260 g/mol. The van der Waals surface area contributed by atoms with Crippen LogP contribution in [0.5, 0.6) is 0 Å². The standard InChI is InChI=1S/C15H20N2O2/c1-2-19-15(18)17-11-13-8-14(17)10-16(13)9-12-6-4-3-5-7-12/h3-7,13-14H,2,8-11H2,1H3. The van der Waals surface area contributed by atoms with Crippen LogP contribution in [0.4, 0.5) is 4.79 Å². The highest BCUT2D eigenvalue weighted by molar-refractivity contribution is 5.68. The molecule has 102 valence electrons. The number of likely N-dealkylation sites (tertiary alicyclic amines) is 2. The molecule has 2 atom stereocenters. The van der Waals surface area contributed by atoms with Crippen molar-refractivity contribution in [1.29, 1.82) is 0 Å². The van der Waals surface area contributed by atoms with Gasteiger partial charge in [-0.05, 0) is 18.9 Å². The lowest BCUT2D eigenvalue weighted by Crippen LogP contribution is -2.48. The second kappa shape index (κ2) is 5.21. The molecule has 4 nitrogen and oxygen atoms in total. The summed E-state index contributed by atoms with van der Waals surface area (Å²) in [4.78, 5) is 16.2. The minimum absolute atomic E-state index is 0.144. The zero-order valence-electron chi connectivity index (χ0n) is 11.3. The molecule has 0 aliphatic carbocycles. The van der Waals surface area contributed by atoms with E-state index in [9.17, 15) is 4.79 Å². The molecule has 1 aromatic rings. The highest BCUT2D eigenvalue weighted by atomic mass is 16.6. The number of benzene rings is 1. The van der Waals surface area contributed by atoms with Gasteiger partial charge in [-0.3, -0.25) is 4.90 Å². The van der Waals surface area contributed by atoms with E-state index in [2.05, 4.69) is 29.2 Å². The van der Waals surface area contributed by atoms with Crippen molar-refractivity contribution < 1.29 is 9.53 Å². The number of hydrogen-bond donors (Lipinski definition) is 0. The Labute approximate surface area is 113 Å². The maximum atomic E-state index is 11.8. The van der Waals surface area contributed by atoms with Crippen LogP contribution in [0.15, 0.2) is 30.3 Å². The van der Waals surface area contributed by atoms with Crippen molar-refractivity contribution in [2.24, 2.45) is 0 Å². The first-order chi connectivity index (χ1) is 9.28. The summed E-state index contributed by atoms with van der Waals surface area (Å²) in [6.45, 7) is 5.09. The van der Waals surface area contributed by atoms with Gasteiger partial charge in [0.15, 0.2) is 0 Å². The summed E-state index contributed by atoms with van der Waals surface area (Å²) in [7, 11) is 0. The SMILES string of the molecule is CCOC(=O)N1CC2CC1CN2Cc1ccccc1. The van der Waals surface area contributed by atoms with Crippen molar-refractivity contribution in [3.63, 3.8) is 0 Å². The molecular weight excluding hydrogens is 240 g/mol. The van der Waals surface area contributed by atoms with Crippen molar-refractivity contribution in [1.82, 2.24) is 9.80 Å². The van der Waals surface area contributed by atoms with E-state index < -0.39 is 0 Å². The number of ether oxygens (including phenoxy) is 1. The first-order valence-electron chi connectivity index (χ1n) is 6.99. The number of nitrogens with zero attached hydrogens (tertiary/aromatic N) is 2. The minimum Gasteiger partial charge on any atom is -0.450 e.